The Morgan fingerprint density at radius 2 is 1.76 bits per heavy atom. The van der Waals surface area contributed by atoms with E-state index in [-0.39, 0.29) is 29.7 Å². The minimum absolute atomic E-state index is 0.0382. The summed E-state index contributed by atoms with van der Waals surface area (Å²) < 4.78 is 0. The van der Waals surface area contributed by atoms with E-state index in [1.807, 2.05) is 49.3 Å². The number of carbonyl (C=O) groups is 3. The van der Waals surface area contributed by atoms with E-state index in [1.165, 1.54) is 4.90 Å². The summed E-state index contributed by atoms with van der Waals surface area (Å²) in [6.07, 6.45) is 0.937. The zero-order valence-corrected chi connectivity index (χ0v) is 24.0. The van der Waals surface area contributed by atoms with Crippen LogP contribution < -0.4 is 16.0 Å². The number of nitrogens with zero attached hydrogens (tertiary/aromatic N) is 2. The number of hydrogen-bond donors (Lipinski definition) is 6. The van der Waals surface area contributed by atoms with Gasteiger partial charge < -0.3 is 36.4 Å². The van der Waals surface area contributed by atoms with E-state index in [1.54, 1.807) is 20.2 Å². The number of benzene rings is 2. The summed E-state index contributed by atoms with van der Waals surface area (Å²) in [4.78, 5) is 42.8. The Balaban J connectivity index is 1.63. The average Bonchev–Trinajstić information content (AvgIpc) is 2.92. The van der Waals surface area contributed by atoms with Gasteiger partial charge in [-0.2, -0.15) is 0 Å². The molecule has 1 fully saturated rings. The van der Waals surface area contributed by atoms with Gasteiger partial charge in [-0.3, -0.25) is 19.3 Å². The van der Waals surface area contributed by atoms with Crippen LogP contribution in [0.1, 0.15) is 23.1 Å². The third-order valence-corrected chi connectivity index (χ3v) is 8.75. The van der Waals surface area contributed by atoms with Gasteiger partial charge in [-0.15, -0.1) is 0 Å². The van der Waals surface area contributed by atoms with Crippen LogP contribution in [0, 0.1) is 11.8 Å². The second kappa shape index (κ2) is 10.5. The van der Waals surface area contributed by atoms with Crippen molar-refractivity contribution in [3.63, 3.8) is 0 Å². The van der Waals surface area contributed by atoms with E-state index in [4.69, 9.17) is 5.73 Å². The summed E-state index contributed by atoms with van der Waals surface area (Å²) in [5, 5.41) is 49.0. The number of nitrogens with one attached hydrogen (secondary N) is 1. The van der Waals surface area contributed by atoms with Gasteiger partial charge >= 0.3 is 0 Å². The smallest absolute Gasteiger partial charge is 0.255 e. The Bertz CT molecular complexity index is 1550. The number of aromatic hydroxyl groups is 1. The van der Waals surface area contributed by atoms with Crippen molar-refractivity contribution in [1.29, 1.82) is 0 Å². The Morgan fingerprint density at radius 1 is 1.10 bits per heavy atom. The van der Waals surface area contributed by atoms with E-state index < -0.39 is 58.0 Å². The molecule has 0 heterocycles. The van der Waals surface area contributed by atoms with Gasteiger partial charge in [-0.1, -0.05) is 30.3 Å². The molecule has 1 amide bonds. The first kappa shape index (κ1) is 29.2. The monoisotopic (exact) mass is 576 g/mol. The second-order valence-corrected chi connectivity index (χ2v) is 11.7. The van der Waals surface area contributed by atoms with Crippen molar-refractivity contribution >= 4 is 34.6 Å². The lowest BCUT2D eigenvalue weighted by Gasteiger charge is -2.50. The Morgan fingerprint density at radius 3 is 2.36 bits per heavy atom. The first-order valence-electron chi connectivity index (χ1n) is 13.8. The van der Waals surface area contributed by atoms with Crippen LogP contribution in [0.2, 0.25) is 0 Å². The van der Waals surface area contributed by atoms with Gasteiger partial charge in [0.2, 0.25) is 5.78 Å². The number of amides is 1. The maximum absolute atomic E-state index is 14.1. The summed E-state index contributed by atoms with van der Waals surface area (Å²) in [5.41, 5.74) is 4.54. The van der Waals surface area contributed by atoms with Crippen LogP contribution in [0.5, 0.6) is 5.75 Å². The lowest BCUT2D eigenvalue weighted by Crippen LogP contribution is -2.65. The lowest BCUT2D eigenvalue weighted by atomic mass is 9.57. The van der Waals surface area contributed by atoms with Crippen LogP contribution in [-0.4, -0.2) is 89.2 Å². The molecular weight excluding hydrogens is 540 g/mol. The van der Waals surface area contributed by atoms with Crippen LogP contribution in [0.15, 0.2) is 53.3 Å². The van der Waals surface area contributed by atoms with Crippen molar-refractivity contribution in [2.75, 3.05) is 45.0 Å². The van der Waals surface area contributed by atoms with E-state index in [0.717, 1.165) is 5.56 Å². The Kier molecular flexibility index (Phi) is 7.28. The summed E-state index contributed by atoms with van der Waals surface area (Å²) >= 11 is 0. The molecule has 3 aliphatic rings. The minimum atomic E-state index is -2.67. The molecule has 0 spiro atoms. The number of hydrogen-bond acceptors (Lipinski definition) is 10. The summed E-state index contributed by atoms with van der Waals surface area (Å²) in [5.74, 6) is -6.70. The van der Waals surface area contributed by atoms with Crippen molar-refractivity contribution in [3.8, 4) is 5.75 Å². The number of ketones is 2. The number of rotatable bonds is 7. The van der Waals surface area contributed by atoms with Crippen molar-refractivity contribution in [3.05, 3.63) is 70.0 Å². The standard InChI is InChI=1S/C31H36N4O7/c1-34(2)20-14-19(33-11-10-15-8-6-5-7-9-15)25(36)22-17(20)12-16-13-18-24(35(3)4)27(38)23(30(32)41)29(40)31(18,42)28(39)21(16)26(22)37/h5-9,14,16,18,24,33,36-37,40,42H,10-13H2,1-4H3,(H2,32,41)/t16-,18-,24?,31-/m1/s1. The van der Waals surface area contributed by atoms with Gasteiger partial charge in [0.25, 0.3) is 5.91 Å². The molecule has 4 atom stereocenters. The maximum atomic E-state index is 14.1. The predicted octanol–water partition coefficient (Wildman–Crippen LogP) is 1.68. The number of Topliss-reactive ketones (excluding diaryl/α,β-unsaturated/α-hetero) is 2. The molecule has 0 radical (unpaired) electrons. The van der Waals surface area contributed by atoms with E-state index in [9.17, 15) is 34.8 Å². The number of nitrogens with two attached hydrogens (primary N) is 1. The molecule has 7 N–H and O–H groups in total. The largest absolute Gasteiger partial charge is 0.508 e. The number of carbonyl (C=O) groups excluding carboxylic acids is 3. The number of fused-ring (bicyclic) bond motifs is 3. The van der Waals surface area contributed by atoms with E-state index >= 15 is 0 Å². The zero-order valence-electron chi connectivity index (χ0n) is 24.0. The molecule has 0 aliphatic heterocycles. The van der Waals surface area contributed by atoms with Crippen molar-refractivity contribution in [1.82, 2.24) is 4.90 Å². The molecule has 1 saturated carbocycles. The van der Waals surface area contributed by atoms with Gasteiger partial charge in [0.15, 0.2) is 11.4 Å². The Labute approximate surface area is 243 Å². The summed E-state index contributed by atoms with van der Waals surface area (Å²) in [6, 6.07) is 10.5. The topological polar surface area (TPSA) is 177 Å². The van der Waals surface area contributed by atoms with Gasteiger partial charge in [0.1, 0.15) is 22.8 Å². The highest BCUT2D eigenvalue weighted by Crippen LogP contribution is 2.54. The number of likely N-dealkylation sites (N-methyl/N-ethyl adjacent to an activating group) is 1. The highest BCUT2D eigenvalue weighted by molar-refractivity contribution is 6.24. The number of phenols is 1. The van der Waals surface area contributed by atoms with Crippen LogP contribution in [0.4, 0.5) is 11.4 Å². The van der Waals surface area contributed by atoms with E-state index in [0.29, 0.717) is 29.9 Å². The molecule has 3 aliphatic carbocycles. The van der Waals surface area contributed by atoms with Gasteiger partial charge in [0, 0.05) is 37.8 Å². The number of phenolic OH excluding ortho intramolecular Hbond substituents is 1. The Hall–Kier alpha value is -4.35. The van der Waals surface area contributed by atoms with Crippen LogP contribution in [-0.2, 0) is 27.2 Å². The highest BCUT2D eigenvalue weighted by Gasteiger charge is 2.64. The van der Waals surface area contributed by atoms with Gasteiger partial charge in [0.05, 0.1) is 17.3 Å². The number of aliphatic hydroxyl groups excluding tert-OH is 2. The maximum Gasteiger partial charge on any atom is 0.255 e. The number of primary amides is 1. The van der Waals surface area contributed by atoms with Crippen LogP contribution >= 0.6 is 0 Å². The fraction of sp³-hybridized carbons (Fsp3) is 0.387. The third-order valence-electron chi connectivity index (χ3n) is 8.75. The fourth-order valence-corrected chi connectivity index (χ4v) is 6.81. The quantitative estimate of drug-likeness (QED) is 0.210. The van der Waals surface area contributed by atoms with Crippen molar-refractivity contribution < 1.29 is 34.8 Å². The molecule has 0 bridgehead atoms. The fourth-order valence-electron chi connectivity index (χ4n) is 6.81. The van der Waals surface area contributed by atoms with Crippen molar-refractivity contribution in [2.45, 2.75) is 30.9 Å². The molecule has 2 aromatic carbocycles. The molecule has 222 valence electrons. The molecule has 11 heteroatoms. The molecule has 1 unspecified atom stereocenters. The second-order valence-electron chi connectivity index (χ2n) is 11.7. The van der Waals surface area contributed by atoms with E-state index in [2.05, 4.69) is 5.32 Å². The highest BCUT2D eigenvalue weighted by atomic mass is 16.3. The molecular formula is C31H36N4O7. The lowest BCUT2D eigenvalue weighted by molar-refractivity contribution is -0.153. The van der Waals surface area contributed by atoms with Crippen LogP contribution in [0.25, 0.3) is 5.76 Å². The zero-order chi connectivity index (χ0) is 30.7. The van der Waals surface area contributed by atoms with Gasteiger partial charge in [-0.25, -0.2) is 0 Å². The SMILES string of the molecule is CN(C)c1cc(NCCc2ccccc2)c(O)c2c1C[C@@H]1C[C@@H]3C(N(C)C)C(=O)C(C(N)=O)=C(O)[C@]3(O)C(=O)C1=C2O. The summed E-state index contributed by atoms with van der Waals surface area (Å²) in [6.45, 7) is 0.484. The molecule has 2 aromatic rings. The first-order chi connectivity index (χ1) is 19.8. The predicted molar refractivity (Wildman–Crippen MR) is 157 cm³/mol. The molecule has 11 nitrogen and oxygen atoms in total. The number of anilines is 2. The minimum Gasteiger partial charge on any atom is -0.508 e. The van der Waals surface area contributed by atoms with Crippen LogP contribution in [0.3, 0.4) is 0 Å². The third kappa shape index (κ3) is 4.31. The first-order valence-corrected chi connectivity index (χ1v) is 13.8. The number of aliphatic hydroxyl groups is 3. The molecule has 0 saturated heterocycles. The van der Waals surface area contributed by atoms with Gasteiger partial charge in [-0.05, 0) is 56.5 Å². The summed E-state index contributed by atoms with van der Waals surface area (Å²) in [7, 11) is 6.80. The van der Waals surface area contributed by atoms with Crippen molar-refractivity contribution in [2.24, 2.45) is 17.6 Å². The molecule has 0 aromatic heterocycles. The normalized spacial score (nSPS) is 25.2. The average molecular weight is 577 g/mol. The molecule has 5 rings (SSSR count). The molecule has 42 heavy (non-hydrogen) atoms.